The zero-order chi connectivity index (χ0) is 22.1. The van der Waals surface area contributed by atoms with Crippen LogP contribution in [0.25, 0.3) is 0 Å². The number of aromatic amines is 1. The van der Waals surface area contributed by atoms with Crippen LogP contribution in [0.15, 0.2) is 54.6 Å². The Hall–Kier alpha value is -3.49. The molecule has 3 aromatic rings. The van der Waals surface area contributed by atoms with Crippen molar-refractivity contribution in [3.63, 3.8) is 0 Å². The normalized spacial score (nSPS) is 15.8. The summed E-state index contributed by atoms with van der Waals surface area (Å²) < 4.78 is 0. The van der Waals surface area contributed by atoms with E-state index in [0.29, 0.717) is 28.4 Å². The summed E-state index contributed by atoms with van der Waals surface area (Å²) in [4.78, 5) is 38.9. The van der Waals surface area contributed by atoms with Gasteiger partial charge < -0.3 is 10.6 Å². The minimum atomic E-state index is -0.296. The van der Waals surface area contributed by atoms with Crippen LogP contribution in [0, 0.1) is 0 Å². The molecule has 3 heterocycles. The lowest BCUT2D eigenvalue weighted by atomic mass is 9.95. The van der Waals surface area contributed by atoms with E-state index < -0.39 is 0 Å². The number of benzene rings is 2. The molecule has 0 saturated carbocycles. The van der Waals surface area contributed by atoms with Crippen LogP contribution in [0.4, 0.5) is 5.82 Å². The monoisotopic (exact) mass is 465 g/mol. The molecule has 170 valence electrons. The molecule has 3 N–H and O–H groups in total. The molecule has 2 aliphatic heterocycles. The highest BCUT2D eigenvalue weighted by atomic mass is 35.5. The van der Waals surface area contributed by atoms with Gasteiger partial charge in [-0.25, -0.2) is 0 Å². The molecule has 3 amide bonds. The van der Waals surface area contributed by atoms with Gasteiger partial charge in [0.1, 0.15) is 0 Å². The van der Waals surface area contributed by atoms with Gasteiger partial charge in [0.05, 0.1) is 17.7 Å². The van der Waals surface area contributed by atoms with Crippen LogP contribution in [-0.4, -0.2) is 45.9 Å². The first-order valence-corrected chi connectivity index (χ1v) is 10.7. The van der Waals surface area contributed by atoms with Gasteiger partial charge in [-0.15, -0.1) is 12.4 Å². The molecule has 1 aromatic heterocycles. The second-order valence-electron chi connectivity index (χ2n) is 8.13. The fourth-order valence-corrected chi connectivity index (χ4v) is 4.26. The van der Waals surface area contributed by atoms with Crippen molar-refractivity contribution in [3.8, 4) is 0 Å². The minimum absolute atomic E-state index is 0. The lowest BCUT2D eigenvalue weighted by Gasteiger charge is -2.20. The lowest BCUT2D eigenvalue weighted by molar-refractivity contribution is 0.0642. The fraction of sp³-hybridized carbons (Fsp3) is 0.250. The highest BCUT2D eigenvalue weighted by Crippen LogP contribution is 2.26. The van der Waals surface area contributed by atoms with Crippen molar-refractivity contribution in [2.75, 3.05) is 18.4 Å². The number of imide groups is 1. The SMILES string of the molecule is Cl.O=C(Nc1cc(C2CCNCC2)[nH]n1)c1ccc(CN2C(=O)c3ccccc3C2=O)cc1. The van der Waals surface area contributed by atoms with Crippen LogP contribution >= 0.6 is 12.4 Å². The average molecular weight is 466 g/mol. The van der Waals surface area contributed by atoms with Crippen molar-refractivity contribution in [1.82, 2.24) is 20.4 Å². The van der Waals surface area contributed by atoms with Gasteiger partial charge >= 0.3 is 0 Å². The molecule has 8 nitrogen and oxygen atoms in total. The van der Waals surface area contributed by atoms with Crippen LogP contribution in [0.1, 0.15) is 61.1 Å². The van der Waals surface area contributed by atoms with E-state index in [9.17, 15) is 14.4 Å². The van der Waals surface area contributed by atoms with Crippen LogP contribution in [0.3, 0.4) is 0 Å². The third-order valence-electron chi connectivity index (χ3n) is 6.05. The van der Waals surface area contributed by atoms with Gasteiger partial charge in [0.25, 0.3) is 17.7 Å². The molecule has 5 rings (SSSR count). The van der Waals surface area contributed by atoms with Gasteiger partial charge in [-0.3, -0.25) is 24.4 Å². The molecule has 0 unspecified atom stereocenters. The Balaban J connectivity index is 0.00000259. The average Bonchev–Trinajstić information content (AvgIpc) is 3.39. The van der Waals surface area contributed by atoms with E-state index in [1.807, 2.05) is 6.07 Å². The maximum atomic E-state index is 12.6. The zero-order valence-electron chi connectivity index (χ0n) is 17.8. The number of carbonyl (C=O) groups is 3. The predicted octanol–water partition coefficient (Wildman–Crippen LogP) is 3.35. The number of halogens is 1. The molecule has 0 radical (unpaired) electrons. The fourth-order valence-electron chi connectivity index (χ4n) is 4.26. The number of aromatic nitrogens is 2. The summed E-state index contributed by atoms with van der Waals surface area (Å²) in [5.74, 6) is 0.0705. The summed E-state index contributed by atoms with van der Waals surface area (Å²) in [6, 6.07) is 15.6. The maximum absolute atomic E-state index is 12.6. The third-order valence-corrected chi connectivity index (χ3v) is 6.05. The summed E-state index contributed by atoms with van der Waals surface area (Å²) in [5.41, 5.74) is 3.14. The second kappa shape index (κ2) is 9.56. The molecule has 33 heavy (non-hydrogen) atoms. The Kier molecular flexibility index (Phi) is 6.57. The standard InChI is InChI=1S/C24H23N5O3.ClH/c30-22(26-21-13-20(27-28-21)16-9-11-25-12-10-16)17-7-5-15(6-8-17)14-29-23(31)18-3-1-2-4-19(18)24(29)32;/h1-8,13,16,25H,9-12,14H2,(H2,26,27,28,30);1H. The molecule has 2 aromatic carbocycles. The largest absolute Gasteiger partial charge is 0.317 e. The Morgan fingerprint density at radius 3 is 2.27 bits per heavy atom. The van der Waals surface area contributed by atoms with E-state index in [2.05, 4.69) is 20.8 Å². The van der Waals surface area contributed by atoms with Gasteiger partial charge in [-0.05, 0) is 55.8 Å². The first-order valence-electron chi connectivity index (χ1n) is 10.7. The van der Waals surface area contributed by atoms with Crippen molar-refractivity contribution in [2.24, 2.45) is 0 Å². The summed E-state index contributed by atoms with van der Waals surface area (Å²) in [6.45, 7) is 2.13. The Morgan fingerprint density at radius 2 is 1.64 bits per heavy atom. The minimum Gasteiger partial charge on any atom is -0.317 e. The summed E-state index contributed by atoms with van der Waals surface area (Å²) >= 11 is 0. The van der Waals surface area contributed by atoms with Crippen molar-refractivity contribution in [2.45, 2.75) is 25.3 Å². The molecule has 2 aliphatic rings. The summed E-state index contributed by atoms with van der Waals surface area (Å²) in [5, 5.41) is 13.4. The topological polar surface area (TPSA) is 107 Å². The van der Waals surface area contributed by atoms with E-state index in [-0.39, 0.29) is 36.7 Å². The molecule has 9 heteroatoms. The molecule has 0 atom stereocenters. The number of rotatable bonds is 5. The first-order chi connectivity index (χ1) is 15.6. The number of fused-ring (bicyclic) bond motifs is 1. The van der Waals surface area contributed by atoms with Crippen LogP contribution in [0.5, 0.6) is 0 Å². The van der Waals surface area contributed by atoms with Crippen molar-refractivity contribution in [3.05, 3.63) is 82.5 Å². The Bertz CT molecular complexity index is 1150. The highest BCUT2D eigenvalue weighted by Gasteiger charge is 2.34. The number of nitrogens with zero attached hydrogens (tertiary/aromatic N) is 2. The van der Waals surface area contributed by atoms with Crippen molar-refractivity contribution in [1.29, 1.82) is 0 Å². The smallest absolute Gasteiger partial charge is 0.261 e. The van der Waals surface area contributed by atoms with Gasteiger partial charge in [0.2, 0.25) is 0 Å². The van der Waals surface area contributed by atoms with Gasteiger partial charge in [-0.1, -0.05) is 24.3 Å². The van der Waals surface area contributed by atoms with E-state index in [1.54, 1.807) is 48.5 Å². The van der Waals surface area contributed by atoms with Gasteiger partial charge in [0, 0.05) is 23.2 Å². The number of piperidine rings is 1. The number of hydrogen-bond acceptors (Lipinski definition) is 5. The van der Waals surface area contributed by atoms with Crippen LogP contribution in [-0.2, 0) is 6.54 Å². The number of amides is 3. The number of hydrogen-bond donors (Lipinski definition) is 3. The van der Waals surface area contributed by atoms with E-state index in [4.69, 9.17) is 0 Å². The quantitative estimate of drug-likeness (QED) is 0.501. The maximum Gasteiger partial charge on any atom is 0.261 e. The van der Waals surface area contributed by atoms with Crippen molar-refractivity contribution >= 4 is 35.9 Å². The number of nitrogens with one attached hydrogen (secondary N) is 3. The summed E-state index contributed by atoms with van der Waals surface area (Å²) in [7, 11) is 0. The molecule has 0 bridgehead atoms. The van der Waals surface area contributed by atoms with Gasteiger partial charge in [-0.2, -0.15) is 5.10 Å². The molecule has 0 aliphatic carbocycles. The third kappa shape index (κ3) is 4.53. The number of carbonyl (C=O) groups excluding carboxylic acids is 3. The van der Waals surface area contributed by atoms with Gasteiger partial charge in [0.15, 0.2) is 5.82 Å². The van der Waals surface area contributed by atoms with Crippen LogP contribution in [0.2, 0.25) is 0 Å². The number of anilines is 1. The zero-order valence-corrected chi connectivity index (χ0v) is 18.7. The molecular weight excluding hydrogens is 442 g/mol. The molecular formula is C24H24ClN5O3. The number of H-pyrrole nitrogens is 1. The summed E-state index contributed by atoms with van der Waals surface area (Å²) in [6.07, 6.45) is 2.09. The van der Waals surface area contributed by atoms with E-state index >= 15 is 0 Å². The second-order valence-corrected chi connectivity index (χ2v) is 8.13. The molecule has 1 saturated heterocycles. The molecule has 1 fully saturated rings. The first kappa shape index (κ1) is 22.7. The lowest BCUT2D eigenvalue weighted by Crippen LogP contribution is -2.29. The van der Waals surface area contributed by atoms with E-state index in [0.717, 1.165) is 37.2 Å². The Morgan fingerprint density at radius 1 is 1.00 bits per heavy atom. The highest BCUT2D eigenvalue weighted by molar-refractivity contribution is 6.21. The Labute approximate surface area is 197 Å². The molecule has 0 spiro atoms. The predicted molar refractivity (Wildman–Crippen MR) is 126 cm³/mol. The van der Waals surface area contributed by atoms with Crippen molar-refractivity contribution < 1.29 is 14.4 Å². The van der Waals surface area contributed by atoms with E-state index in [1.165, 1.54) is 4.90 Å². The van der Waals surface area contributed by atoms with Crippen LogP contribution < -0.4 is 10.6 Å².